The van der Waals surface area contributed by atoms with Gasteiger partial charge in [0.25, 0.3) is 0 Å². The van der Waals surface area contributed by atoms with Crippen molar-refractivity contribution in [1.82, 2.24) is 9.97 Å². The first-order valence-electron chi connectivity index (χ1n) is 7.17. The molecule has 1 fully saturated rings. The van der Waals surface area contributed by atoms with Crippen LogP contribution in [0.3, 0.4) is 0 Å². The minimum Gasteiger partial charge on any atom is -0.480 e. The topological polar surface area (TPSA) is 86.5 Å². The number of fused-ring (bicyclic) bond motifs is 1. The number of rotatable bonds is 2. The van der Waals surface area contributed by atoms with Crippen molar-refractivity contribution in [3.63, 3.8) is 0 Å². The highest BCUT2D eigenvalue weighted by Gasteiger charge is 2.38. The van der Waals surface area contributed by atoms with E-state index >= 15 is 0 Å². The summed E-state index contributed by atoms with van der Waals surface area (Å²) in [6.45, 7) is 0.334. The molecular weight excluding hydrogens is 258 g/mol. The number of hydrogen-bond donors (Lipinski definition) is 2. The van der Waals surface area contributed by atoms with Gasteiger partial charge in [-0.1, -0.05) is 6.42 Å². The Bertz CT molecular complexity index is 520. The van der Waals surface area contributed by atoms with E-state index in [4.69, 9.17) is 0 Å². The number of hydrogen-bond acceptors (Lipinski definition) is 5. The molecule has 2 aliphatic rings. The first-order valence-corrected chi connectivity index (χ1v) is 7.17. The average molecular weight is 277 g/mol. The third kappa shape index (κ3) is 2.35. The van der Waals surface area contributed by atoms with Gasteiger partial charge < -0.3 is 15.1 Å². The summed E-state index contributed by atoms with van der Waals surface area (Å²) in [5, 5.41) is 19.1. The maximum Gasteiger partial charge on any atom is 0.326 e. The van der Waals surface area contributed by atoms with Crippen LogP contribution in [-0.2, 0) is 17.6 Å². The Morgan fingerprint density at radius 3 is 2.85 bits per heavy atom. The summed E-state index contributed by atoms with van der Waals surface area (Å²) in [6.07, 6.45) is 6.37. The summed E-state index contributed by atoms with van der Waals surface area (Å²) in [6, 6.07) is -0.688. The SMILES string of the molecule is O=C(O)C1CC(O)CN1c1ncnc2c1CCCCC2. The molecule has 0 spiro atoms. The normalized spacial score (nSPS) is 26.1. The Labute approximate surface area is 117 Å². The molecule has 0 radical (unpaired) electrons. The van der Waals surface area contributed by atoms with E-state index in [0.717, 1.165) is 36.9 Å². The first-order chi connectivity index (χ1) is 9.66. The Balaban J connectivity index is 1.99. The number of carboxylic acids is 1. The fraction of sp³-hybridized carbons (Fsp3) is 0.643. The van der Waals surface area contributed by atoms with Crippen molar-refractivity contribution in [2.45, 2.75) is 50.7 Å². The summed E-state index contributed by atoms with van der Waals surface area (Å²) >= 11 is 0. The Morgan fingerprint density at radius 1 is 1.25 bits per heavy atom. The van der Waals surface area contributed by atoms with Crippen LogP contribution in [0.1, 0.15) is 36.9 Å². The van der Waals surface area contributed by atoms with Crippen LogP contribution in [0.4, 0.5) is 5.82 Å². The number of aryl methyl sites for hydroxylation is 1. The number of aliphatic carboxylic acids is 1. The van der Waals surface area contributed by atoms with Gasteiger partial charge in [0.15, 0.2) is 0 Å². The molecule has 1 aromatic heterocycles. The molecule has 2 unspecified atom stereocenters. The van der Waals surface area contributed by atoms with Gasteiger partial charge in [-0.2, -0.15) is 0 Å². The molecule has 1 aliphatic carbocycles. The lowest BCUT2D eigenvalue weighted by molar-refractivity contribution is -0.138. The molecule has 20 heavy (non-hydrogen) atoms. The molecule has 0 bridgehead atoms. The van der Waals surface area contributed by atoms with Crippen LogP contribution in [0.25, 0.3) is 0 Å². The van der Waals surface area contributed by atoms with Gasteiger partial charge in [-0.3, -0.25) is 0 Å². The van der Waals surface area contributed by atoms with Crippen LogP contribution >= 0.6 is 0 Å². The number of carboxylic acid groups (broad SMARTS) is 1. The molecule has 0 amide bonds. The molecule has 1 saturated heterocycles. The zero-order chi connectivity index (χ0) is 14.1. The van der Waals surface area contributed by atoms with Crippen LogP contribution in [-0.4, -0.2) is 44.8 Å². The van der Waals surface area contributed by atoms with Gasteiger partial charge >= 0.3 is 5.97 Å². The number of aromatic nitrogens is 2. The molecular formula is C14H19N3O3. The molecule has 1 aliphatic heterocycles. The quantitative estimate of drug-likeness (QED) is 0.777. The number of aliphatic hydroxyl groups excluding tert-OH is 1. The van der Waals surface area contributed by atoms with Gasteiger partial charge in [0.05, 0.1) is 6.10 Å². The van der Waals surface area contributed by atoms with Gasteiger partial charge in [-0.15, -0.1) is 0 Å². The number of anilines is 1. The lowest BCUT2D eigenvalue weighted by Gasteiger charge is -2.25. The third-order valence-electron chi connectivity index (χ3n) is 4.19. The summed E-state index contributed by atoms with van der Waals surface area (Å²) < 4.78 is 0. The van der Waals surface area contributed by atoms with Gasteiger partial charge in [0.1, 0.15) is 18.2 Å². The first kappa shape index (κ1) is 13.3. The second-order valence-electron chi connectivity index (χ2n) is 5.58. The Hall–Kier alpha value is -1.69. The number of aliphatic hydroxyl groups is 1. The van der Waals surface area contributed by atoms with Crippen molar-refractivity contribution < 1.29 is 15.0 Å². The molecule has 2 atom stereocenters. The van der Waals surface area contributed by atoms with Crippen molar-refractivity contribution in [3.05, 3.63) is 17.6 Å². The third-order valence-corrected chi connectivity index (χ3v) is 4.19. The lowest BCUT2D eigenvalue weighted by Crippen LogP contribution is -2.37. The zero-order valence-electron chi connectivity index (χ0n) is 11.3. The zero-order valence-corrected chi connectivity index (χ0v) is 11.3. The highest BCUT2D eigenvalue weighted by molar-refractivity contribution is 5.79. The van der Waals surface area contributed by atoms with E-state index in [-0.39, 0.29) is 6.42 Å². The molecule has 2 heterocycles. The van der Waals surface area contributed by atoms with Crippen LogP contribution < -0.4 is 4.90 Å². The van der Waals surface area contributed by atoms with Gasteiger partial charge in [0, 0.05) is 24.2 Å². The van der Waals surface area contributed by atoms with E-state index in [9.17, 15) is 15.0 Å². The van der Waals surface area contributed by atoms with E-state index in [0.29, 0.717) is 12.4 Å². The van der Waals surface area contributed by atoms with Gasteiger partial charge in [0.2, 0.25) is 0 Å². The minimum absolute atomic E-state index is 0.258. The monoisotopic (exact) mass is 277 g/mol. The van der Waals surface area contributed by atoms with Crippen molar-refractivity contribution in [2.24, 2.45) is 0 Å². The van der Waals surface area contributed by atoms with Crippen LogP contribution in [0, 0.1) is 0 Å². The van der Waals surface area contributed by atoms with Gasteiger partial charge in [-0.25, -0.2) is 14.8 Å². The highest BCUT2D eigenvalue weighted by Crippen LogP contribution is 2.31. The van der Waals surface area contributed by atoms with Crippen molar-refractivity contribution in [3.8, 4) is 0 Å². The predicted octanol–water partition coefficient (Wildman–Crippen LogP) is 0.770. The fourth-order valence-electron chi connectivity index (χ4n) is 3.21. The summed E-state index contributed by atoms with van der Waals surface area (Å²) in [7, 11) is 0. The predicted molar refractivity (Wildman–Crippen MR) is 72.7 cm³/mol. The molecule has 6 heteroatoms. The minimum atomic E-state index is -0.900. The van der Waals surface area contributed by atoms with E-state index in [1.165, 1.54) is 12.7 Å². The molecule has 6 nitrogen and oxygen atoms in total. The van der Waals surface area contributed by atoms with Gasteiger partial charge in [-0.05, 0) is 25.7 Å². The molecule has 0 aromatic carbocycles. The Morgan fingerprint density at radius 2 is 2.05 bits per heavy atom. The van der Waals surface area contributed by atoms with Crippen molar-refractivity contribution in [1.29, 1.82) is 0 Å². The van der Waals surface area contributed by atoms with E-state index < -0.39 is 18.1 Å². The van der Waals surface area contributed by atoms with Crippen LogP contribution in [0.5, 0.6) is 0 Å². The van der Waals surface area contributed by atoms with E-state index in [1.807, 2.05) is 0 Å². The van der Waals surface area contributed by atoms with Crippen molar-refractivity contribution in [2.75, 3.05) is 11.4 Å². The highest BCUT2D eigenvalue weighted by atomic mass is 16.4. The fourth-order valence-corrected chi connectivity index (χ4v) is 3.21. The smallest absolute Gasteiger partial charge is 0.326 e. The number of carbonyl (C=O) groups is 1. The second-order valence-corrected chi connectivity index (χ2v) is 5.58. The second kappa shape index (κ2) is 5.36. The molecule has 108 valence electrons. The lowest BCUT2D eigenvalue weighted by atomic mass is 10.1. The van der Waals surface area contributed by atoms with Crippen molar-refractivity contribution >= 4 is 11.8 Å². The largest absolute Gasteiger partial charge is 0.480 e. The number of nitrogens with zero attached hydrogens (tertiary/aromatic N) is 3. The molecule has 0 saturated carbocycles. The molecule has 2 N–H and O–H groups in total. The molecule has 1 aromatic rings. The maximum absolute atomic E-state index is 11.4. The standard InChI is InChI=1S/C14H19N3O3/c18-9-6-12(14(19)20)17(7-9)13-10-4-2-1-3-5-11(10)15-8-16-13/h8-9,12,18H,1-7H2,(H,19,20). The number of β-amino-alcohol motifs (C(OH)–C–C–N with tert-alkyl or cyclic N) is 1. The van der Waals surface area contributed by atoms with E-state index in [1.54, 1.807) is 4.90 Å². The van der Waals surface area contributed by atoms with Crippen LogP contribution in [0.15, 0.2) is 6.33 Å². The van der Waals surface area contributed by atoms with E-state index in [2.05, 4.69) is 9.97 Å². The summed E-state index contributed by atoms with van der Waals surface area (Å²) in [5.41, 5.74) is 2.11. The van der Waals surface area contributed by atoms with Crippen LogP contribution in [0.2, 0.25) is 0 Å². The summed E-state index contributed by atoms with van der Waals surface area (Å²) in [5.74, 6) is -0.191. The Kier molecular flexibility index (Phi) is 3.56. The summed E-state index contributed by atoms with van der Waals surface area (Å²) in [4.78, 5) is 21.8. The average Bonchev–Trinajstić information content (AvgIpc) is 2.67. The molecule has 3 rings (SSSR count). The maximum atomic E-state index is 11.4.